The van der Waals surface area contributed by atoms with Gasteiger partial charge in [0, 0.05) is 44.3 Å². The lowest BCUT2D eigenvalue weighted by molar-refractivity contribution is 0.0948. The first-order valence-corrected chi connectivity index (χ1v) is 15.4. The van der Waals surface area contributed by atoms with Crippen LogP contribution in [0.25, 0.3) is 10.2 Å². The van der Waals surface area contributed by atoms with Gasteiger partial charge in [0.15, 0.2) is 5.13 Å². The summed E-state index contributed by atoms with van der Waals surface area (Å²) in [4.78, 5) is 22.6. The molecule has 1 saturated heterocycles. The Morgan fingerprint density at radius 3 is 2.35 bits per heavy atom. The highest BCUT2D eigenvalue weighted by molar-refractivity contribution is 7.92. The van der Waals surface area contributed by atoms with Crippen LogP contribution in [0.4, 0.5) is 10.8 Å². The van der Waals surface area contributed by atoms with E-state index in [2.05, 4.69) is 45.8 Å². The number of benzene rings is 3. The molecule has 0 radical (unpaired) electrons. The molecule has 0 unspecified atom stereocenters. The van der Waals surface area contributed by atoms with Crippen molar-refractivity contribution in [2.24, 2.45) is 0 Å². The van der Waals surface area contributed by atoms with Crippen LogP contribution in [0.5, 0.6) is 0 Å². The molecule has 40 heavy (non-hydrogen) atoms. The lowest BCUT2D eigenvalue weighted by Gasteiger charge is -2.34. The van der Waals surface area contributed by atoms with Gasteiger partial charge in [-0.3, -0.25) is 14.4 Å². The highest BCUT2D eigenvalue weighted by atomic mass is 35.5. The standard InChI is InChI=1S/C28H30ClN5O3S2.ClH/c1-19-7-8-20(2)26-25(19)31-28(38-26)34-17-15-33(16-18-34)14-13-30-27(35)23-5-3-4-6-24(23)32-39(36,37)22-11-9-21(29)10-12-22;/h3-12,32H,13-18H2,1-2H3,(H,30,35);1H. The van der Waals surface area contributed by atoms with E-state index < -0.39 is 10.0 Å². The summed E-state index contributed by atoms with van der Waals surface area (Å²) in [5.41, 5.74) is 4.04. The number of hydrogen-bond donors (Lipinski definition) is 2. The Morgan fingerprint density at radius 1 is 0.975 bits per heavy atom. The minimum Gasteiger partial charge on any atom is -0.351 e. The van der Waals surface area contributed by atoms with E-state index >= 15 is 0 Å². The summed E-state index contributed by atoms with van der Waals surface area (Å²) in [6, 6.07) is 16.7. The predicted molar refractivity (Wildman–Crippen MR) is 166 cm³/mol. The van der Waals surface area contributed by atoms with Crippen molar-refractivity contribution in [1.82, 2.24) is 15.2 Å². The molecule has 1 fully saturated rings. The van der Waals surface area contributed by atoms with Gasteiger partial charge in [-0.05, 0) is 61.4 Å². The van der Waals surface area contributed by atoms with Gasteiger partial charge in [-0.1, -0.05) is 47.2 Å². The van der Waals surface area contributed by atoms with Crippen LogP contribution in [0, 0.1) is 13.8 Å². The molecule has 1 aliphatic heterocycles. The zero-order valence-electron chi connectivity index (χ0n) is 22.2. The molecule has 0 saturated carbocycles. The molecule has 12 heteroatoms. The van der Waals surface area contributed by atoms with Crippen molar-refractivity contribution in [1.29, 1.82) is 0 Å². The van der Waals surface area contributed by atoms with Gasteiger partial charge in [-0.2, -0.15) is 0 Å². The zero-order valence-corrected chi connectivity index (χ0v) is 25.4. The number of nitrogens with zero attached hydrogens (tertiary/aromatic N) is 3. The average molecular weight is 621 g/mol. The van der Waals surface area contributed by atoms with Crippen molar-refractivity contribution in [2.45, 2.75) is 18.7 Å². The molecule has 0 atom stereocenters. The molecule has 8 nitrogen and oxygen atoms in total. The molecular formula is C28H31Cl2N5O3S2. The number of thiazole rings is 1. The first-order chi connectivity index (χ1) is 18.7. The van der Waals surface area contributed by atoms with E-state index in [0.29, 0.717) is 18.1 Å². The Morgan fingerprint density at radius 2 is 1.65 bits per heavy atom. The number of piperazine rings is 1. The fourth-order valence-electron chi connectivity index (χ4n) is 4.56. The van der Waals surface area contributed by atoms with Crippen molar-refractivity contribution in [3.8, 4) is 0 Å². The first kappa shape index (κ1) is 30.1. The average Bonchev–Trinajstić information content (AvgIpc) is 3.39. The normalized spacial score (nSPS) is 14.1. The van der Waals surface area contributed by atoms with Crippen LogP contribution in [0.1, 0.15) is 21.5 Å². The number of fused-ring (bicyclic) bond motifs is 1. The van der Waals surface area contributed by atoms with Crippen LogP contribution in [-0.2, 0) is 10.0 Å². The fourth-order valence-corrected chi connectivity index (χ4v) is 6.93. The monoisotopic (exact) mass is 619 g/mol. The molecule has 212 valence electrons. The molecule has 2 N–H and O–H groups in total. The molecule has 1 aromatic heterocycles. The van der Waals surface area contributed by atoms with Crippen LogP contribution >= 0.6 is 35.3 Å². The molecule has 2 heterocycles. The SMILES string of the molecule is Cc1ccc(C)c2sc(N3CCN(CCNC(=O)c4ccccc4NS(=O)(=O)c4ccc(Cl)cc4)CC3)nc12.Cl. The number of carbonyl (C=O) groups excluding carboxylic acids is 1. The third-order valence-electron chi connectivity index (χ3n) is 6.83. The molecule has 0 aliphatic carbocycles. The molecule has 1 aliphatic rings. The number of carbonyl (C=O) groups is 1. The van der Waals surface area contributed by atoms with Gasteiger partial charge < -0.3 is 10.2 Å². The first-order valence-electron chi connectivity index (χ1n) is 12.7. The number of aryl methyl sites for hydroxylation is 2. The minimum atomic E-state index is -3.87. The van der Waals surface area contributed by atoms with Gasteiger partial charge in [-0.25, -0.2) is 13.4 Å². The van der Waals surface area contributed by atoms with Crippen molar-refractivity contribution in [2.75, 3.05) is 48.9 Å². The largest absolute Gasteiger partial charge is 0.351 e. The summed E-state index contributed by atoms with van der Waals surface area (Å²) in [5, 5.41) is 4.44. The highest BCUT2D eigenvalue weighted by Crippen LogP contribution is 2.33. The Labute approximate surface area is 249 Å². The Balaban J connectivity index is 0.00000370. The van der Waals surface area contributed by atoms with E-state index in [1.165, 1.54) is 40.1 Å². The van der Waals surface area contributed by atoms with Crippen LogP contribution in [-0.4, -0.2) is 63.5 Å². The molecular weight excluding hydrogens is 589 g/mol. The number of anilines is 2. The Bertz CT molecular complexity index is 1560. The number of para-hydroxylation sites is 1. The molecule has 0 spiro atoms. The fraction of sp³-hybridized carbons (Fsp3) is 0.286. The second kappa shape index (κ2) is 12.7. The Kier molecular flexibility index (Phi) is 9.58. The summed E-state index contributed by atoms with van der Waals surface area (Å²) >= 11 is 7.63. The second-order valence-electron chi connectivity index (χ2n) is 9.56. The smallest absolute Gasteiger partial charge is 0.261 e. The Hall–Kier alpha value is -2.89. The highest BCUT2D eigenvalue weighted by Gasteiger charge is 2.22. The number of rotatable bonds is 8. The van der Waals surface area contributed by atoms with Crippen LogP contribution in [0.15, 0.2) is 65.6 Å². The summed E-state index contributed by atoms with van der Waals surface area (Å²) in [5.74, 6) is -0.330. The van der Waals surface area contributed by atoms with Crippen molar-refractivity contribution in [3.63, 3.8) is 0 Å². The van der Waals surface area contributed by atoms with Gasteiger partial charge in [0.2, 0.25) is 0 Å². The molecule has 1 amide bonds. The lowest BCUT2D eigenvalue weighted by atomic mass is 10.1. The number of halogens is 2. The van der Waals surface area contributed by atoms with E-state index in [0.717, 1.165) is 36.8 Å². The van der Waals surface area contributed by atoms with Gasteiger partial charge in [0.05, 0.1) is 26.4 Å². The topological polar surface area (TPSA) is 94.6 Å². The van der Waals surface area contributed by atoms with Crippen molar-refractivity contribution in [3.05, 3.63) is 82.4 Å². The third kappa shape index (κ3) is 6.70. The lowest BCUT2D eigenvalue weighted by Crippen LogP contribution is -2.48. The van der Waals surface area contributed by atoms with Crippen LogP contribution in [0.2, 0.25) is 5.02 Å². The second-order valence-corrected chi connectivity index (χ2v) is 12.7. The summed E-state index contributed by atoms with van der Waals surface area (Å²) < 4.78 is 29.4. The van der Waals surface area contributed by atoms with Crippen molar-refractivity contribution >= 4 is 72.3 Å². The summed E-state index contributed by atoms with van der Waals surface area (Å²) in [6.07, 6.45) is 0. The van der Waals surface area contributed by atoms with E-state index in [4.69, 9.17) is 16.6 Å². The third-order valence-corrected chi connectivity index (χ3v) is 9.71. The van der Waals surface area contributed by atoms with Crippen LogP contribution in [0.3, 0.4) is 0 Å². The van der Waals surface area contributed by atoms with E-state index in [1.807, 2.05) is 0 Å². The maximum atomic E-state index is 13.0. The van der Waals surface area contributed by atoms with Crippen LogP contribution < -0.4 is 14.9 Å². The molecule has 3 aromatic carbocycles. The minimum absolute atomic E-state index is 0. The van der Waals surface area contributed by atoms with Gasteiger partial charge in [0.1, 0.15) is 0 Å². The van der Waals surface area contributed by atoms with Gasteiger partial charge >= 0.3 is 0 Å². The van der Waals surface area contributed by atoms with Gasteiger partial charge in [-0.15, -0.1) is 12.4 Å². The van der Waals surface area contributed by atoms with E-state index in [-0.39, 0.29) is 34.5 Å². The number of hydrogen-bond acceptors (Lipinski definition) is 7. The maximum Gasteiger partial charge on any atom is 0.261 e. The number of amides is 1. The van der Waals surface area contributed by atoms with E-state index in [1.54, 1.807) is 35.6 Å². The molecule has 4 aromatic rings. The molecule has 5 rings (SSSR count). The molecule has 0 bridgehead atoms. The number of aromatic nitrogens is 1. The summed E-state index contributed by atoms with van der Waals surface area (Å²) in [6.45, 7) is 8.89. The maximum absolute atomic E-state index is 13.0. The van der Waals surface area contributed by atoms with Gasteiger partial charge in [0.25, 0.3) is 15.9 Å². The number of sulfonamides is 1. The quantitative estimate of drug-likeness (QED) is 0.276. The summed E-state index contributed by atoms with van der Waals surface area (Å²) in [7, 11) is -3.87. The van der Waals surface area contributed by atoms with Crippen molar-refractivity contribution < 1.29 is 13.2 Å². The predicted octanol–water partition coefficient (Wildman–Crippen LogP) is 5.34. The zero-order chi connectivity index (χ0) is 27.6. The number of nitrogens with one attached hydrogen (secondary N) is 2. The van der Waals surface area contributed by atoms with E-state index in [9.17, 15) is 13.2 Å².